The number of sulfonamides is 1. The normalized spacial score (nSPS) is 19.6. The largest absolute Gasteiger partial charge is 0.336 e. The molecule has 8 heteroatoms. The van der Waals surface area contributed by atoms with Gasteiger partial charge in [-0.15, -0.1) is 0 Å². The molecule has 0 saturated carbocycles. The SMILES string of the molecule is CC1CCCCN1C(=O)c1cc(S(N)(=O)=O)cc(Br)c1Cl. The van der Waals surface area contributed by atoms with Crippen molar-refractivity contribution in [2.24, 2.45) is 5.14 Å². The number of benzene rings is 1. The summed E-state index contributed by atoms with van der Waals surface area (Å²) in [5, 5.41) is 5.33. The zero-order chi connectivity index (χ0) is 15.8. The van der Waals surface area contributed by atoms with Gasteiger partial charge >= 0.3 is 0 Å². The van der Waals surface area contributed by atoms with Crippen molar-refractivity contribution in [2.75, 3.05) is 6.54 Å². The Morgan fingerprint density at radius 2 is 2.10 bits per heavy atom. The van der Waals surface area contributed by atoms with E-state index in [-0.39, 0.29) is 27.4 Å². The molecule has 0 spiro atoms. The van der Waals surface area contributed by atoms with Crippen molar-refractivity contribution in [2.45, 2.75) is 37.1 Å². The quantitative estimate of drug-likeness (QED) is 0.836. The van der Waals surface area contributed by atoms with E-state index in [9.17, 15) is 13.2 Å². The first-order chi connectivity index (χ1) is 9.71. The Kier molecular flexibility index (Phi) is 4.97. The second-order valence-electron chi connectivity index (χ2n) is 5.15. The smallest absolute Gasteiger partial charge is 0.255 e. The van der Waals surface area contributed by atoms with E-state index in [0.29, 0.717) is 11.0 Å². The third kappa shape index (κ3) is 3.59. The zero-order valence-electron chi connectivity index (χ0n) is 11.5. The van der Waals surface area contributed by atoms with Crippen LogP contribution in [0.2, 0.25) is 5.02 Å². The van der Waals surface area contributed by atoms with Crippen LogP contribution in [0, 0.1) is 0 Å². The van der Waals surface area contributed by atoms with Crippen LogP contribution in [-0.4, -0.2) is 31.8 Å². The molecule has 0 bridgehead atoms. The van der Waals surface area contributed by atoms with Crippen molar-refractivity contribution in [3.8, 4) is 0 Å². The Hall–Kier alpha value is -0.630. The predicted octanol–water partition coefficient (Wildman–Crippen LogP) is 2.76. The van der Waals surface area contributed by atoms with Gasteiger partial charge in [0, 0.05) is 17.1 Å². The summed E-state index contributed by atoms with van der Waals surface area (Å²) >= 11 is 9.32. The highest BCUT2D eigenvalue weighted by Gasteiger charge is 2.27. The van der Waals surface area contributed by atoms with Crippen molar-refractivity contribution in [1.29, 1.82) is 0 Å². The monoisotopic (exact) mass is 394 g/mol. The van der Waals surface area contributed by atoms with Gasteiger partial charge < -0.3 is 4.90 Å². The molecule has 1 aliphatic heterocycles. The summed E-state index contributed by atoms with van der Waals surface area (Å²) in [5.74, 6) is -0.265. The summed E-state index contributed by atoms with van der Waals surface area (Å²) in [5.41, 5.74) is 0.156. The first-order valence-corrected chi connectivity index (χ1v) is 9.26. The molecule has 1 saturated heterocycles. The molecular weight excluding hydrogens is 380 g/mol. The Labute approximate surface area is 137 Å². The number of likely N-dealkylation sites (tertiary alicyclic amines) is 1. The first-order valence-electron chi connectivity index (χ1n) is 6.54. The lowest BCUT2D eigenvalue weighted by atomic mass is 10.0. The average molecular weight is 396 g/mol. The highest BCUT2D eigenvalue weighted by atomic mass is 79.9. The molecule has 1 unspecified atom stereocenters. The van der Waals surface area contributed by atoms with Crippen LogP contribution in [-0.2, 0) is 10.0 Å². The number of hydrogen-bond donors (Lipinski definition) is 1. The maximum Gasteiger partial charge on any atom is 0.255 e. The van der Waals surface area contributed by atoms with Gasteiger partial charge in [-0.25, -0.2) is 13.6 Å². The van der Waals surface area contributed by atoms with E-state index in [1.165, 1.54) is 12.1 Å². The van der Waals surface area contributed by atoms with Gasteiger partial charge in [-0.2, -0.15) is 0 Å². The number of primary sulfonamides is 1. The number of nitrogens with two attached hydrogens (primary N) is 1. The van der Waals surface area contributed by atoms with E-state index in [4.69, 9.17) is 16.7 Å². The maximum atomic E-state index is 12.6. The van der Waals surface area contributed by atoms with E-state index in [0.717, 1.165) is 19.3 Å². The van der Waals surface area contributed by atoms with E-state index in [1.54, 1.807) is 4.90 Å². The number of piperidine rings is 1. The van der Waals surface area contributed by atoms with Crippen LogP contribution in [0.4, 0.5) is 0 Å². The summed E-state index contributed by atoms with van der Waals surface area (Å²) in [6.07, 6.45) is 2.95. The number of carbonyl (C=O) groups excluding carboxylic acids is 1. The fraction of sp³-hybridized carbons (Fsp3) is 0.462. The van der Waals surface area contributed by atoms with Crippen molar-refractivity contribution < 1.29 is 13.2 Å². The molecule has 1 aromatic carbocycles. The van der Waals surface area contributed by atoms with Crippen LogP contribution in [0.25, 0.3) is 0 Å². The highest BCUT2D eigenvalue weighted by Crippen LogP contribution is 2.31. The number of carbonyl (C=O) groups is 1. The number of hydrogen-bond acceptors (Lipinski definition) is 3. The van der Waals surface area contributed by atoms with Crippen LogP contribution in [0.15, 0.2) is 21.5 Å². The molecule has 1 heterocycles. The minimum Gasteiger partial charge on any atom is -0.336 e. The van der Waals surface area contributed by atoms with Gasteiger partial charge in [0.2, 0.25) is 10.0 Å². The molecule has 1 aliphatic rings. The second kappa shape index (κ2) is 6.24. The van der Waals surface area contributed by atoms with Crippen molar-refractivity contribution >= 4 is 43.5 Å². The molecule has 1 aromatic rings. The molecule has 1 amide bonds. The third-order valence-corrected chi connectivity index (χ3v) is 5.78. The second-order valence-corrected chi connectivity index (χ2v) is 7.95. The maximum absolute atomic E-state index is 12.6. The fourth-order valence-electron chi connectivity index (χ4n) is 2.44. The lowest BCUT2D eigenvalue weighted by Gasteiger charge is -2.33. The van der Waals surface area contributed by atoms with E-state index in [2.05, 4.69) is 15.9 Å². The summed E-state index contributed by atoms with van der Waals surface area (Å²) in [7, 11) is -3.90. The summed E-state index contributed by atoms with van der Waals surface area (Å²) in [6, 6.07) is 2.65. The Morgan fingerprint density at radius 3 is 2.67 bits per heavy atom. The van der Waals surface area contributed by atoms with Gasteiger partial charge in [0.05, 0.1) is 15.5 Å². The van der Waals surface area contributed by atoms with Crippen LogP contribution in [0.5, 0.6) is 0 Å². The molecule has 116 valence electrons. The van der Waals surface area contributed by atoms with Gasteiger partial charge in [0.15, 0.2) is 0 Å². The third-order valence-electron chi connectivity index (χ3n) is 3.62. The van der Waals surface area contributed by atoms with Crippen LogP contribution in [0.1, 0.15) is 36.5 Å². The molecule has 0 radical (unpaired) electrons. The van der Waals surface area contributed by atoms with Gasteiger partial charge in [0.25, 0.3) is 5.91 Å². The van der Waals surface area contributed by atoms with Gasteiger partial charge in [-0.05, 0) is 54.2 Å². The van der Waals surface area contributed by atoms with Crippen molar-refractivity contribution in [1.82, 2.24) is 4.90 Å². The van der Waals surface area contributed by atoms with Gasteiger partial charge in [-0.3, -0.25) is 4.79 Å². The predicted molar refractivity (Wildman–Crippen MR) is 84.9 cm³/mol. The molecule has 1 atom stereocenters. The number of amides is 1. The Morgan fingerprint density at radius 1 is 1.43 bits per heavy atom. The molecule has 1 fully saturated rings. The van der Waals surface area contributed by atoms with Crippen LogP contribution < -0.4 is 5.14 Å². The van der Waals surface area contributed by atoms with Crippen molar-refractivity contribution in [3.05, 3.63) is 27.2 Å². The number of rotatable bonds is 2. The lowest BCUT2D eigenvalue weighted by molar-refractivity contribution is 0.0635. The molecular formula is C13H16BrClN2O3S. The summed E-state index contributed by atoms with van der Waals surface area (Å²) in [6.45, 7) is 2.62. The zero-order valence-corrected chi connectivity index (χ0v) is 14.6. The summed E-state index contributed by atoms with van der Waals surface area (Å²) in [4.78, 5) is 14.2. The number of nitrogens with zero attached hydrogens (tertiary/aromatic N) is 1. The van der Waals surface area contributed by atoms with E-state index in [1.807, 2.05) is 6.92 Å². The molecule has 0 aromatic heterocycles. The average Bonchev–Trinajstić information content (AvgIpc) is 2.40. The lowest BCUT2D eigenvalue weighted by Crippen LogP contribution is -2.42. The molecule has 21 heavy (non-hydrogen) atoms. The van der Waals surface area contributed by atoms with E-state index >= 15 is 0 Å². The van der Waals surface area contributed by atoms with Gasteiger partial charge in [-0.1, -0.05) is 11.6 Å². The highest BCUT2D eigenvalue weighted by molar-refractivity contribution is 9.10. The topological polar surface area (TPSA) is 80.5 Å². The Bertz CT molecular complexity index is 678. The summed E-state index contributed by atoms with van der Waals surface area (Å²) < 4.78 is 23.3. The molecule has 2 rings (SSSR count). The molecule has 5 nitrogen and oxygen atoms in total. The number of halogens is 2. The van der Waals surface area contributed by atoms with E-state index < -0.39 is 10.0 Å². The van der Waals surface area contributed by atoms with Gasteiger partial charge in [0.1, 0.15) is 0 Å². The minimum absolute atomic E-state index is 0.110. The molecule has 2 N–H and O–H groups in total. The fourth-order valence-corrected chi connectivity index (χ4v) is 3.80. The van der Waals surface area contributed by atoms with Crippen LogP contribution >= 0.6 is 27.5 Å². The van der Waals surface area contributed by atoms with Crippen LogP contribution in [0.3, 0.4) is 0 Å². The Balaban J connectivity index is 2.47. The first kappa shape index (κ1) is 16.7. The standard InChI is InChI=1S/C13H16BrClN2O3S/c1-8-4-2-3-5-17(8)13(18)10-6-9(21(16,19)20)7-11(14)12(10)15/h6-8H,2-5H2,1H3,(H2,16,19,20). The van der Waals surface area contributed by atoms with Crippen molar-refractivity contribution in [3.63, 3.8) is 0 Å². The minimum atomic E-state index is -3.90. The molecule has 0 aliphatic carbocycles.